The Hall–Kier alpha value is -3.45. The number of nitrogens with two attached hydrogens (primary N) is 1. The second-order valence-corrected chi connectivity index (χ2v) is 7.68. The van der Waals surface area contributed by atoms with E-state index in [9.17, 15) is 4.79 Å². The highest BCUT2D eigenvalue weighted by Crippen LogP contribution is 2.37. The lowest BCUT2D eigenvalue weighted by molar-refractivity contribution is 0.102. The minimum Gasteiger partial charge on any atom is -0.322 e. The van der Waals surface area contributed by atoms with Gasteiger partial charge in [0.25, 0.3) is 5.91 Å². The zero-order valence-corrected chi connectivity index (χ0v) is 16.4. The molecule has 0 fully saturated rings. The van der Waals surface area contributed by atoms with Gasteiger partial charge in [-0.15, -0.1) is 16.9 Å². The average Bonchev–Trinajstić information content (AvgIpc) is 3.10. The standard InChI is InChI=1S/C22H19N5OS/c23-21(26-27-24)13-29-18-8-5-14(6-9-18)22(28)25-17-7-10-20-16(12-17)11-15-3-1-2-4-19(15)20/h1-10,12H,11,13H2,(H,25,28)(H3,23,24,26). The van der Waals surface area contributed by atoms with Crippen LogP contribution in [0.1, 0.15) is 21.5 Å². The normalized spacial score (nSPS) is 11.9. The van der Waals surface area contributed by atoms with Crippen molar-refractivity contribution in [2.75, 3.05) is 11.1 Å². The van der Waals surface area contributed by atoms with Crippen molar-refractivity contribution < 1.29 is 4.79 Å². The Morgan fingerprint density at radius 2 is 1.79 bits per heavy atom. The van der Waals surface area contributed by atoms with E-state index in [1.807, 2.05) is 18.2 Å². The van der Waals surface area contributed by atoms with E-state index in [0.717, 1.165) is 17.0 Å². The fourth-order valence-electron chi connectivity index (χ4n) is 3.38. The molecule has 1 amide bonds. The van der Waals surface area contributed by atoms with Gasteiger partial charge in [-0.25, -0.2) is 0 Å². The van der Waals surface area contributed by atoms with E-state index in [-0.39, 0.29) is 11.7 Å². The number of benzene rings is 3. The quantitative estimate of drug-likeness (QED) is 0.111. The Kier molecular flexibility index (Phi) is 5.39. The van der Waals surface area contributed by atoms with E-state index in [4.69, 9.17) is 11.3 Å². The number of hydrogen-bond acceptors (Lipinski definition) is 4. The van der Waals surface area contributed by atoms with E-state index in [1.165, 1.54) is 34.0 Å². The van der Waals surface area contributed by atoms with Gasteiger partial charge in [-0.1, -0.05) is 35.6 Å². The summed E-state index contributed by atoms with van der Waals surface area (Å²) in [6.07, 6.45) is 0.889. The van der Waals surface area contributed by atoms with E-state index in [1.54, 1.807) is 12.1 Å². The summed E-state index contributed by atoms with van der Waals surface area (Å²) in [7, 11) is 0. The predicted octanol–water partition coefficient (Wildman–Crippen LogP) is 4.91. The Labute approximate surface area is 172 Å². The third-order valence-corrected chi connectivity index (χ3v) is 5.75. The molecular formula is C22H19N5OS. The molecule has 3 aromatic carbocycles. The number of amidine groups is 1. The van der Waals surface area contributed by atoms with Gasteiger partial charge in [0.2, 0.25) is 0 Å². The van der Waals surface area contributed by atoms with E-state index in [2.05, 4.69) is 52.1 Å². The molecule has 1 aliphatic carbocycles. The minimum atomic E-state index is -0.151. The van der Waals surface area contributed by atoms with Gasteiger partial charge in [-0.3, -0.25) is 10.2 Å². The molecule has 0 spiro atoms. The highest BCUT2D eigenvalue weighted by molar-refractivity contribution is 8.00. The number of nitrogens with zero attached hydrogens (tertiary/aromatic N) is 2. The lowest BCUT2D eigenvalue weighted by Gasteiger charge is -2.08. The van der Waals surface area contributed by atoms with Crippen molar-refractivity contribution in [3.05, 3.63) is 83.4 Å². The van der Waals surface area contributed by atoms with Gasteiger partial charge in [0, 0.05) is 16.1 Å². The zero-order valence-electron chi connectivity index (χ0n) is 15.6. The third kappa shape index (κ3) is 4.20. The summed E-state index contributed by atoms with van der Waals surface area (Å²) in [5.41, 5.74) is 6.43. The fourth-order valence-corrected chi connectivity index (χ4v) is 4.07. The Balaban J connectivity index is 1.41. The molecule has 6 nitrogen and oxygen atoms in total. The maximum absolute atomic E-state index is 12.6. The molecule has 0 aliphatic heterocycles. The van der Waals surface area contributed by atoms with Crippen molar-refractivity contribution in [1.29, 1.82) is 5.41 Å². The summed E-state index contributed by atoms with van der Waals surface area (Å²) < 4.78 is 0. The van der Waals surface area contributed by atoms with Crippen molar-refractivity contribution in [3.8, 4) is 11.1 Å². The number of anilines is 1. The molecule has 1 aliphatic rings. The Bertz CT molecular complexity index is 1110. The smallest absolute Gasteiger partial charge is 0.255 e. The topological polar surface area (TPSA) is 104 Å². The van der Waals surface area contributed by atoms with E-state index in [0.29, 0.717) is 11.3 Å². The molecule has 0 aromatic heterocycles. The average molecular weight is 401 g/mol. The molecule has 7 heteroatoms. The van der Waals surface area contributed by atoms with Crippen LogP contribution in [0.15, 0.2) is 82.0 Å². The number of carbonyl (C=O) groups is 1. The van der Waals surface area contributed by atoms with Crippen LogP contribution in [0.4, 0.5) is 5.69 Å². The summed E-state index contributed by atoms with van der Waals surface area (Å²) in [4.78, 5) is 13.5. The first-order valence-corrected chi connectivity index (χ1v) is 10.1. The minimum absolute atomic E-state index is 0.0954. The molecular weight excluding hydrogens is 382 g/mol. The lowest BCUT2D eigenvalue weighted by atomic mass is 10.1. The molecule has 0 atom stereocenters. The first kappa shape index (κ1) is 18.9. The lowest BCUT2D eigenvalue weighted by Crippen LogP contribution is -2.11. The molecule has 0 heterocycles. The SMILES string of the molecule is N=C(CSc1ccc(C(=O)Nc2ccc3c(c2)Cc2ccccc2-3)cc1)N=NN. The van der Waals surface area contributed by atoms with Crippen LogP contribution >= 0.6 is 11.8 Å². The molecule has 4 rings (SSSR count). The fraction of sp³-hybridized carbons (Fsp3) is 0.0909. The molecule has 0 unspecified atom stereocenters. The number of amides is 1. The number of thioether (sulfide) groups is 1. The van der Waals surface area contributed by atoms with Crippen LogP contribution in [-0.2, 0) is 6.42 Å². The number of hydrogen-bond donors (Lipinski definition) is 3. The summed E-state index contributed by atoms with van der Waals surface area (Å²) >= 11 is 1.43. The van der Waals surface area contributed by atoms with Crippen LogP contribution in [0.3, 0.4) is 0 Å². The summed E-state index contributed by atoms with van der Waals surface area (Å²) in [6.45, 7) is 0. The maximum Gasteiger partial charge on any atom is 0.255 e. The Morgan fingerprint density at radius 1 is 1.03 bits per heavy atom. The highest BCUT2D eigenvalue weighted by atomic mass is 32.2. The zero-order chi connectivity index (χ0) is 20.2. The molecule has 0 bridgehead atoms. The number of rotatable bonds is 5. The van der Waals surface area contributed by atoms with Crippen molar-refractivity contribution in [2.24, 2.45) is 16.2 Å². The predicted molar refractivity (Wildman–Crippen MR) is 117 cm³/mol. The summed E-state index contributed by atoms with van der Waals surface area (Å²) in [5.74, 6) is 5.24. The molecule has 0 radical (unpaired) electrons. The van der Waals surface area contributed by atoms with Crippen molar-refractivity contribution >= 4 is 29.2 Å². The monoisotopic (exact) mass is 401 g/mol. The van der Waals surface area contributed by atoms with Gasteiger partial charge < -0.3 is 11.2 Å². The molecule has 0 saturated heterocycles. The van der Waals surface area contributed by atoms with Gasteiger partial charge >= 0.3 is 0 Å². The van der Waals surface area contributed by atoms with Crippen LogP contribution in [0, 0.1) is 5.41 Å². The first-order chi connectivity index (χ1) is 14.1. The highest BCUT2D eigenvalue weighted by Gasteiger charge is 2.18. The van der Waals surface area contributed by atoms with Crippen LogP contribution in [-0.4, -0.2) is 17.5 Å². The van der Waals surface area contributed by atoms with Crippen LogP contribution in [0.25, 0.3) is 11.1 Å². The first-order valence-electron chi connectivity index (χ1n) is 9.08. The second-order valence-electron chi connectivity index (χ2n) is 6.64. The summed E-state index contributed by atoms with van der Waals surface area (Å²) in [6, 6.07) is 21.7. The number of fused-ring (bicyclic) bond motifs is 3. The molecule has 4 N–H and O–H groups in total. The maximum atomic E-state index is 12.6. The van der Waals surface area contributed by atoms with Gasteiger partial charge in [0.05, 0.1) is 5.75 Å². The van der Waals surface area contributed by atoms with Gasteiger partial charge in [-0.2, -0.15) is 0 Å². The number of carbonyl (C=O) groups excluding carboxylic acids is 1. The molecule has 29 heavy (non-hydrogen) atoms. The molecule has 0 saturated carbocycles. The van der Waals surface area contributed by atoms with Gasteiger partial charge in [0.15, 0.2) is 5.84 Å². The third-order valence-electron chi connectivity index (χ3n) is 4.72. The van der Waals surface area contributed by atoms with E-state index >= 15 is 0 Å². The largest absolute Gasteiger partial charge is 0.322 e. The second kappa shape index (κ2) is 8.28. The van der Waals surface area contributed by atoms with Crippen LogP contribution < -0.4 is 11.2 Å². The van der Waals surface area contributed by atoms with Crippen molar-refractivity contribution in [3.63, 3.8) is 0 Å². The van der Waals surface area contributed by atoms with Crippen molar-refractivity contribution in [1.82, 2.24) is 0 Å². The summed E-state index contributed by atoms with van der Waals surface area (Å²) in [5, 5.41) is 17.1. The van der Waals surface area contributed by atoms with Crippen molar-refractivity contribution in [2.45, 2.75) is 11.3 Å². The van der Waals surface area contributed by atoms with Crippen LogP contribution in [0.2, 0.25) is 0 Å². The molecule has 3 aromatic rings. The molecule has 144 valence electrons. The van der Waals surface area contributed by atoms with Crippen LogP contribution in [0.5, 0.6) is 0 Å². The van der Waals surface area contributed by atoms with Gasteiger partial charge in [0.1, 0.15) is 0 Å². The van der Waals surface area contributed by atoms with Gasteiger partial charge in [-0.05, 0) is 65.1 Å². The Morgan fingerprint density at radius 3 is 2.59 bits per heavy atom. The van der Waals surface area contributed by atoms with E-state index < -0.39 is 0 Å². The number of nitrogens with one attached hydrogen (secondary N) is 2.